The molecule has 0 spiro atoms. The fraction of sp³-hybridized carbons (Fsp3) is 0. The Hall–Kier alpha value is -5.74. The van der Waals surface area contributed by atoms with Crippen LogP contribution in [0.15, 0.2) is 132 Å². The van der Waals surface area contributed by atoms with Crippen molar-refractivity contribution in [3.8, 4) is 5.82 Å². The van der Waals surface area contributed by atoms with Crippen LogP contribution in [0, 0.1) is 0 Å². The van der Waals surface area contributed by atoms with Gasteiger partial charge in [0.25, 0.3) is 0 Å². The molecule has 0 radical (unpaired) electrons. The lowest BCUT2D eigenvalue weighted by atomic mass is 9.95. The van der Waals surface area contributed by atoms with Gasteiger partial charge in [-0.3, -0.25) is 9.55 Å². The third kappa shape index (κ3) is 2.71. The molecule has 0 aliphatic carbocycles. The van der Waals surface area contributed by atoms with Crippen molar-refractivity contribution in [2.24, 2.45) is 0 Å². The first kappa shape index (κ1) is 22.0. The van der Waals surface area contributed by atoms with Crippen LogP contribution in [-0.4, -0.2) is 14.5 Å². The van der Waals surface area contributed by atoms with Crippen molar-refractivity contribution in [2.45, 2.75) is 0 Å². The molecule has 4 heteroatoms. The monoisotopic (exact) mass is 535 g/mol. The van der Waals surface area contributed by atoms with Gasteiger partial charge in [0, 0.05) is 45.5 Å². The Morgan fingerprint density at radius 2 is 1.14 bits per heavy atom. The van der Waals surface area contributed by atoms with E-state index in [1.165, 1.54) is 37.7 Å². The van der Waals surface area contributed by atoms with Crippen LogP contribution in [0.2, 0.25) is 0 Å². The van der Waals surface area contributed by atoms with Gasteiger partial charge >= 0.3 is 0 Å². The van der Waals surface area contributed by atoms with Crippen LogP contribution in [0.1, 0.15) is 0 Å². The standard InChI is InChI=1S/C38H21N3O/c1-3-11-24-22(9-1)23-10-2-4-12-25(23)30-21-40-34(19-29(24)30)41-32-15-7-5-13-27(32)35-26-17-18-39-20-31(26)38-36(37(35)41)28-14-6-8-16-33(28)42-38/h1-21H. The van der Waals surface area contributed by atoms with Gasteiger partial charge in [0.1, 0.15) is 17.0 Å². The van der Waals surface area contributed by atoms with Crippen molar-refractivity contribution >= 4 is 86.8 Å². The van der Waals surface area contributed by atoms with Crippen molar-refractivity contribution in [1.29, 1.82) is 0 Å². The van der Waals surface area contributed by atoms with Crippen LogP contribution in [-0.2, 0) is 0 Å². The van der Waals surface area contributed by atoms with Gasteiger partial charge in [0.2, 0.25) is 0 Å². The van der Waals surface area contributed by atoms with E-state index < -0.39 is 0 Å². The van der Waals surface area contributed by atoms with Crippen LogP contribution in [0.5, 0.6) is 0 Å². The second-order valence-electron chi connectivity index (χ2n) is 11.0. The molecule has 0 unspecified atom stereocenters. The summed E-state index contributed by atoms with van der Waals surface area (Å²) in [6, 6.07) is 38.6. The fourth-order valence-electron chi connectivity index (χ4n) is 7.16. The molecule has 42 heavy (non-hydrogen) atoms. The van der Waals surface area contributed by atoms with Crippen LogP contribution in [0.4, 0.5) is 0 Å². The summed E-state index contributed by atoms with van der Waals surface area (Å²) >= 11 is 0. The van der Waals surface area contributed by atoms with E-state index >= 15 is 0 Å². The van der Waals surface area contributed by atoms with Crippen LogP contribution in [0.3, 0.4) is 0 Å². The quantitative estimate of drug-likeness (QED) is 0.196. The molecule has 4 nitrogen and oxygen atoms in total. The zero-order valence-corrected chi connectivity index (χ0v) is 22.4. The summed E-state index contributed by atoms with van der Waals surface area (Å²) < 4.78 is 8.89. The highest BCUT2D eigenvalue weighted by Crippen LogP contribution is 2.46. The number of pyridine rings is 2. The van der Waals surface area contributed by atoms with E-state index in [9.17, 15) is 0 Å². The lowest BCUT2D eigenvalue weighted by Gasteiger charge is -2.13. The van der Waals surface area contributed by atoms with E-state index in [1.54, 1.807) is 0 Å². The summed E-state index contributed by atoms with van der Waals surface area (Å²) in [7, 11) is 0. The average molecular weight is 536 g/mol. The van der Waals surface area contributed by atoms with Gasteiger partial charge in [0.15, 0.2) is 0 Å². The van der Waals surface area contributed by atoms with Crippen molar-refractivity contribution in [1.82, 2.24) is 14.5 Å². The van der Waals surface area contributed by atoms with E-state index in [1.807, 2.05) is 24.5 Å². The number of benzene rings is 6. The molecule has 0 aliphatic heterocycles. The van der Waals surface area contributed by atoms with Gasteiger partial charge in [-0.15, -0.1) is 0 Å². The molecular formula is C38H21N3O. The van der Waals surface area contributed by atoms with Gasteiger partial charge in [-0.2, -0.15) is 0 Å². The Morgan fingerprint density at radius 1 is 0.500 bits per heavy atom. The number of hydrogen-bond acceptors (Lipinski definition) is 3. The van der Waals surface area contributed by atoms with E-state index in [4.69, 9.17) is 9.40 Å². The number of rotatable bonds is 1. The molecule has 0 saturated carbocycles. The highest BCUT2D eigenvalue weighted by molar-refractivity contribution is 6.35. The van der Waals surface area contributed by atoms with Crippen LogP contribution in [0.25, 0.3) is 92.7 Å². The zero-order chi connectivity index (χ0) is 27.4. The molecule has 4 aromatic heterocycles. The molecule has 0 aliphatic rings. The number of furan rings is 1. The summed E-state index contributed by atoms with van der Waals surface area (Å²) in [5, 5.41) is 14.0. The fourth-order valence-corrected chi connectivity index (χ4v) is 7.16. The second kappa shape index (κ2) is 7.93. The van der Waals surface area contributed by atoms with Crippen molar-refractivity contribution in [2.75, 3.05) is 0 Å². The summed E-state index contributed by atoms with van der Waals surface area (Å²) in [6.07, 6.45) is 5.85. The largest absolute Gasteiger partial charge is 0.455 e. The summed E-state index contributed by atoms with van der Waals surface area (Å²) in [5.74, 6) is 0.883. The summed E-state index contributed by atoms with van der Waals surface area (Å²) in [6.45, 7) is 0. The maximum Gasteiger partial charge on any atom is 0.146 e. The summed E-state index contributed by atoms with van der Waals surface area (Å²) in [5.41, 5.74) is 3.94. The highest BCUT2D eigenvalue weighted by Gasteiger charge is 2.23. The van der Waals surface area contributed by atoms with E-state index in [0.717, 1.165) is 54.9 Å². The molecule has 4 heterocycles. The lowest BCUT2D eigenvalue weighted by molar-refractivity contribution is 0.672. The van der Waals surface area contributed by atoms with E-state index in [-0.39, 0.29) is 0 Å². The van der Waals surface area contributed by atoms with E-state index in [0.29, 0.717) is 0 Å². The molecule has 10 rings (SSSR count). The predicted octanol–water partition coefficient (Wildman–Crippen LogP) is 10.1. The predicted molar refractivity (Wildman–Crippen MR) is 174 cm³/mol. The minimum absolute atomic E-state index is 0.855. The van der Waals surface area contributed by atoms with Gasteiger partial charge in [-0.1, -0.05) is 84.9 Å². The number of aromatic nitrogens is 3. The normalized spacial score (nSPS) is 12.3. The maximum atomic E-state index is 6.56. The van der Waals surface area contributed by atoms with Crippen molar-refractivity contribution < 1.29 is 4.42 Å². The van der Waals surface area contributed by atoms with Crippen LogP contribution >= 0.6 is 0 Å². The van der Waals surface area contributed by atoms with Crippen molar-refractivity contribution in [3.05, 3.63) is 128 Å². The molecule has 0 amide bonds. The SMILES string of the molecule is c1ccc2c(c1)oc1c3cnccc3c3c4ccccc4n(-c4cc5c6ccccc6c6ccccc6c5cn4)c3c21. The first-order valence-electron chi connectivity index (χ1n) is 14.2. The van der Waals surface area contributed by atoms with Gasteiger partial charge in [-0.05, 0) is 56.6 Å². The van der Waals surface area contributed by atoms with E-state index in [2.05, 4.69) is 113 Å². The number of para-hydroxylation sites is 2. The Kier molecular flexibility index (Phi) is 4.15. The minimum atomic E-state index is 0.855. The Morgan fingerprint density at radius 3 is 1.93 bits per heavy atom. The lowest BCUT2D eigenvalue weighted by Crippen LogP contribution is -1.98. The second-order valence-corrected chi connectivity index (χ2v) is 11.0. The third-order valence-corrected chi connectivity index (χ3v) is 8.89. The van der Waals surface area contributed by atoms with Crippen LogP contribution < -0.4 is 0 Å². The third-order valence-electron chi connectivity index (χ3n) is 8.89. The molecule has 0 atom stereocenters. The van der Waals surface area contributed by atoms with Gasteiger partial charge < -0.3 is 4.42 Å². The molecule has 10 aromatic rings. The Bertz CT molecular complexity index is 2710. The Balaban J connectivity index is 1.46. The highest BCUT2D eigenvalue weighted by atomic mass is 16.3. The molecule has 0 N–H and O–H groups in total. The topological polar surface area (TPSA) is 43.9 Å². The zero-order valence-electron chi connectivity index (χ0n) is 22.4. The molecule has 0 bridgehead atoms. The molecular weight excluding hydrogens is 514 g/mol. The minimum Gasteiger partial charge on any atom is -0.455 e. The van der Waals surface area contributed by atoms with Gasteiger partial charge in [0.05, 0.1) is 16.4 Å². The maximum absolute atomic E-state index is 6.56. The number of hydrogen-bond donors (Lipinski definition) is 0. The van der Waals surface area contributed by atoms with Crippen molar-refractivity contribution in [3.63, 3.8) is 0 Å². The smallest absolute Gasteiger partial charge is 0.146 e. The number of fused-ring (bicyclic) bond motifs is 16. The van der Waals surface area contributed by atoms with Gasteiger partial charge in [-0.25, -0.2) is 4.98 Å². The first-order valence-corrected chi connectivity index (χ1v) is 14.2. The summed E-state index contributed by atoms with van der Waals surface area (Å²) in [4.78, 5) is 9.67. The molecule has 0 fully saturated rings. The number of nitrogens with zero attached hydrogens (tertiary/aromatic N) is 3. The Labute approximate surface area is 239 Å². The average Bonchev–Trinajstić information content (AvgIpc) is 3.61. The first-order chi connectivity index (χ1) is 20.9. The molecule has 0 saturated heterocycles. The molecule has 6 aromatic carbocycles. The molecule has 194 valence electrons.